The summed E-state index contributed by atoms with van der Waals surface area (Å²) in [5.74, 6) is 0.362. The molecule has 2 aromatic carbocycles. The van der Waals surface area contributed by atoms with Gasteiger partial charge in [0, 0.05) is 32.2 Å². The van der Waals surface area contributed by atoms with E-state index in [1.807, 2.05) is 17.9 Å². The molecule has 1 atom stereocenters. The molecule has 2 aromatic rings. The van der Waals surface area contributed by atoms with Crippen LogP contribution < -0.4 is 9.64 Å². The van der Waals surface area contributed by atoms with Gasteiger partial charge in [0.05, 0.1) is 9.95 Å². The molecular weight excluding hydrogens is 382 g/mol. The SMILES string of the molecule is Cc1ccc(Cl)c(OC(C)C(=O)N2CCN(c3ccccc3[N+](=O)[O-])CC2)c1. The van der Waals surface area contributed by atoms with E-state index in [4.69, 9.17) is 16.3 Å². The van der Waals surface area contributed by atoms with Gasteiger partial charge in [0.25, 0.3) is 11.6 Å². The first-order valence-electron chi connectivity index (χ1n) is 9.07. The normalized spacial score (nSPS) is 15.2. The van der Waals surface area contributed by atoms with Crippen molar-refractivity contribution in [3.63, 3.8) is 0 Å². The van der Waals surface area contributed by atoms with Gasteiger partial charge in [-0.25, -0.2) is 0 Å². The van der Waals surface area contributed by atoms with Crippen LogP contribution in [0.15, 0.2) is 42.5 Å². The molecule has 0 radical (unpaired) electrons. The van der Waals surface area contributed by atoms with E-state index in [-0.39, 0.29) is 16.5 Å². The van der Waals surface area contributed by atoms with Crippen LogP contribution in [0.5, 0.6) is 5.75 Å². The van der Waals surface area contributed by atoms with Gasteiger partial charge in [0.15, 0.2) is 6.10 Å². The minimum absolute atomic E-state index is 0.0769. The van der Waals surface area contributed by atoms with Crippen LogP contribution in [0.1, 0.15) is 12.5 Å². The highest BCUT2D eigenvalue weighted by molar-refractivity contribution is 6.32. The first kappa shape index (κ1) is 19.9. The highest BCUT2D eigenvalue weighted by Gasteiger charge is 2.28. The number of piperazine rings is 1. The lowest BCUT2D eigenvalue weighted by Crippen LogP contribution is -2.52. The second-order valence-corrected chi connectivity index (χ2v) is 7.16. The van der Waals surface area contributed by atoms with Crippen LogP contribution >= 0.6 is 11.6 Å². The van der Waals surface area contributed by atoms with Crippen molar-refractivity contribution in [1.82, 2.24) is 4.90 Å². The topological polar surface area (TPSA) is 75.9 Å². The van der Waals surface area contributed by atoms with E-state index in [2.05, 4.69) is 0 Å². The minimum Gasteiger partial charge on any atom is -0.479 e. The third kappa shape index (κ3) is 4.36. The molecule has 1 unspecified atom stereocenters. The van der Waals surface area contributed by atoms with Crippen LogP contribution in [0.25, 0.3) is 0 Å². The number of amides is 1. The Kier molecular flexibility index (Phi) is 6.04. The van der Waals surface area contributed by atoms with Crippen molar-refractivity contribution in [2.24, 2.45) is 0 Å². The predicted molar refractivity (Wildman–Crippen MR) is 108 cm³/mol. The van der Waals surface area contributed by atoms with Gasteiger partial charge in [0.1, 0.15) is 11.4 Å². The molecule has 0 bridgehead atoms. The molecule has 0 spiro atoms. The first-order chi connectivity index (χ1) is 13.4. The third-order valence-electron chi connectivity index (χ3n) is 4.75. The first-order valence-corrected chi connectivity index (χ1v) is 9.44. The summed E-state index contributed by atoms with van der Waals surface area (Å²) in [6.07, 6.45) is -0.670. The molecule has 0 aromatic heterocycles. The van der Waals surface area contributed by atoms with E-state index in [0.717, 1.165) is 5.56 Å². The summed E-state index contributed by atoms with van der Waals surface area (Å²) in [7, 11) is 0. The van der Waals surface area contributed by atoms with Crippen molar-refractivity contribution in [3.8, 4) is 5.75 Å². The zero-order valence-electron chi connectivity index (χ0n) is 15.8. The zero-order chi connectivity index (χ0) is 20.3. The smallest absolute Gasteiger partial charge is 0.292 e. The molecule has 0 aliphatic carbocycles. The number of halogens is 1. The number of ether oxygens (including phenoxy) is 1. The quantitative estimate of drug-likeness (QED) is 0.562. The molecule has 1 heterocycles. The molecule has 1 aliphatic rings. The molecule has 7 nitrogen and oxygen atoms in total. The van der Waals surface area contributed by atoms with Gasteiger partial charge >= 0.3 is 0 Å². The number of nitrogens with zero attached hydrogens (tertiary/aromatic N) is 3. The molecule has 1 aliphatic heterocycles. The Morgan fingerprint density at radius 2 is 1.86 bits per heavy atom. The van der Waals surface area contributed by atoms with Crippen LogP contribution in [-0.4, -0.2) is 48.0 Å². The summed E-state index contributed by atoms with van der Waals surface area (Å²) in [6, 6.07) is 12.1. The minimum atomic E-state index is -0.670. The van der Waals surface area contributed by atoms with Crippen molar-refractivity contribution in [2.45, 2.75) is 20.0 Å². The highest BCUT2D eigenvalue weighted by Crippen LogP contribution is 2.29. The second kappa shape index (κ2) is 8.48. The fraction of sp³-hybridized carbons (Fsp3) is 0.350. The maximum atomic E-state index is 12.7. The van der Waals surface area contributed by atoms with Gasteiger partial charge < -0.3 is 14.5 Å². The highest BCUT2D eigenvalue weighted by atomic mass is 35.5. The Hall–Kier alpha value is -2.80. The van der Waals surface area contributed by atoms with Gasteiger partial charge in [-0.3, -0.25) is 14.9 Å². The zero-order valence-corrected chi connectivity index (χ0v) is 16.6. The lowest BCUT2D eigenvalue weighted by atomic mass is 10.2. The number of para-hydroxylation sites is 2. The molecule has 1 saturated heterocycles. The number of rotatable bonds is 5. The van der Waals surface area contributed by atoms with Crippen molar-refractivity contribution < 1.29 is 14.5 Å². The lowest BCUT2D eigenvalue weighted by Gasteiger charge is -2.36. The Labute approximate surface area is 168 Å². The summed E-state index contributed by atoms with van der Waals surface area (Å²) in [5, 5.41) is 11.7. The van der Waals surface area contributed by atoms with Crippen molar-refractivity contribution in [2.75, 3.05) is 31.1 Å². The van der Waals surface area contributed by atoms with Crippen LogP contribution in [-0.2, 0) is 4.79 Å². The molecule has 0 N–H and O–H groups in total. The van der Waals surface area contributed by atoms with Crippen LogP contribution in [0.2, 0.25) is 5.02 Å². The molecule has 1 fully saturated rings. The number of benzene rings is 2. The monoisotopic (exact) mass is 403 g/mol. The van der Waals surface area contributed by atoms with E-state index in [0.29, 0.717) is 42.6 Å². The van der Waals surface area contributed by atoms with E-state index >= 15 is 0 Å². The van der Waals surface area contributed by atoms with Gasteiger partial charge in [-0.2, -0.15) is 0 Å². The maximum Gasteiger partial charge on any atom is 0.292 e. The second-order valence-electron chi connectivity index (χ2n) is 6.75. The Morgan fingerprint density at radius 1 is 1.18 bits per heavy atom. The van der Waals surface area contributed by atoms with Crippen molar-refractivity contribution in [1.29, 1.82) is 0 Å². The maximum absolute atomic E-state index is 12.7. The Morgan fingerprint density at radius 3 is 2.54 bits per heavy atom. The number of anilines is 1. The molecule has 148 valence electrons. The Balaban J connectivity index is 1.62. The van der Waals surface area contributed by atoms with Crippen LogP contribution in [0, 0.1) is 17.0 Å². The molecule has 0 saturated carbocycles. The van der Waals surface area contributed by atoms with Gasteiger partial charge in [-0.1, -0.05) is 29.8 Å². The number of hydrogen-bond donors (Lipinski definition) is 0. The average molecular weight is 404 g/mol. The standard InChI is InChI=1S/C20H22ClN3O4/c1-14-7-8-16(21)19(13-14)28-15(2)20(25)23-11-9-22(10-12-23)17-5-3-4-6-18(17)24(26)27/h3-8,13,15H,9-12H2,1-2H3. The van der Waals surface area contributed by atoms with Gasteiger partial charge in [-0.15, -0.1) is 0 Å². The molecular formula is C20H22ClN3O4. The van der Waals surface area contributed by atoms with E-state index in [1.165, 1.54) is 6.07 Å². The number of carbonyl (C=O) groups is 1. The molecule has 8 heteroatoms. The summed E-state index contributed by atoms with van der Waals surface area (Å²) < 4.78 is 5.78. The van der Waals surface area contributed by atoms with Crippen LogP contribution in [0.4, 0.5) is 11.4 Å². The summed E-state index contributed by atoms with van der Waals surface area (Å²) in [6.45, 7) is 5.62. The van der Waals surface area contributed by atoms with Gasteiger partial charge in [-0.05, 0) is 37.6 Å². The third-order valence-corrected chi connectivity index (χ3v) is 5.06. The summed E-state index contributed by atoms with van der Waals surface area (Å²) in [4.78, 5) is 27.3. The number of nitro groups is 1. The number of hydrogen-bond acceptors (Lipinski definition) is 5. The summed E-state index contributed by atoms with van der Waals surface area (Å²) in [5.41, 5.74) is 1.65. The van der Waals surface area contributed by atoms with Crippen molar-refractivity contribution >= 4 is 28.9 Å². The largest absolute Gasteiger partial charge is 0.479 e. The summed E-state index contributed by atoms with van der Waals surface area (Å²) >= 11 is 6.15. The Bertz CT molecular complexity index is 882. The van der Waals surface area contributed by atoms with Crippen molar-refractivity contribution in [3.05, 3.63) is 63.2 Å². The number of nitro benzene ring substituents is 1. The predicted octanol–water partition coefficient (Wildman–Crippen LogP) is 3.67. The van der Waals surface area contributed by atoms with E-state index < -0.39 is 6.10 Å². The van der Waals surface area contributed by atoms with E-state index in [1.54, 1.807) is 42.2 Å². The fourth-order valence-electron chi connectivity index (χ4n) is 3.25. The number of aryl methyl sites for hydroxylation is 1. The lowest BCUT2D eigenvalue weighted by molar-refractivity contribution is -0.384. The molecule has 28 heavy (non-hydrogen) atoms. The number of carbonyl (C=O) groups excluding carboxylic acids is 1. The van der Waals surface area contributed by atoms with E-state index in [9.17, 15) is 14.9 Å². The van der Waals surface area contributed by atoms with Gasteiger partial charge in [0.2, 0.25) is 0 Å². The molecule has 3 rings (SSSR count). The fourth-order valence-corrected chi connectivity index (χ4v) is 3.41. The average Bonchev–Trinajstić information content (AvgIpc) is 2.70. The van der Waals surface area contributed by atoms with Crippen LogP contribution in [0.3, 0.4) is 0 Å². The molecule has 1 amide bonds.